The van der Waals surface area contributed by atoms with Gasteiger partial charge in [-0.15, -0.1) is 0 Å². The first-order chi connectivity index (χ1) is 13.5. The van der Waals surface area contributed by atoms with Crippen LogP contribution in [0, 0.1) is 5.82 Å². The van der Waals surface area contributed by atoms with E-state index in [0.29, 0.717) is 4.68 Å². The summed E-state index contributed by atoms with van der Waals surface area (Å²) in [5, 5.41) is 3.31. The SMILES string of the molecule is CCOC(=O)OCOC(=O)c1cc(-c2nn(C)c(C(F)(F)F)c2Br)c(F)cc1Cl. The van der Waals surface area contributed by atoms with E-state index in [2.05, 4.69) is 35.2 Å². The number of alkyl halides is 3. The number of esters is 1. The van der Waals surface area contributed by atoms with Crippen LogP contribution in [0.25, 0.3) is 11.3 Å². The fraction of sp³-hybridized carbons (Fsp3) is 0.312. The summed E-state index contributed by atoms with van der Waals surface area (Å²) in [6.45, 7) is 0.762. The molecule has 0 N–H and O–H groups in total. The summed E-state index contributed by atoms with van der Waals surface area (Å²) in [7, 11) is 1.03. The van der Waals surface area contributed by atoms with E-state index in [4.69, 9.17) is 11.6 Å². The zero-order valence-electron chi connectivity index (χ0n) is 14.8. The molecular weight excluding hydrogens is 492 g/mol. The van der Waals surface area contributed by atoms with Crippen LogP contribution < -0.4 is 0 Å². The lowest BCUT2D eigenvalue weighted by Gasteiger charge is -2.09. The summed E-state index contributed by atoms with van der Waals surface area (Å²) >= 11 is 8.60. The lowest BCUT2D eigenvalue weighted by Crippen LogP contribution is -2.14. The molecule has 158 valence electrons. The van der Waals surface area contributed by atoms with Gasteiger partial charge in [-0.05, 0) is 35.0 Å². The van der Waals surface area contributed by atoms with Crippen LogP contribution in [0.4, 0.5) is 22.4 Å². The molecule has 1 aromatic heterocycles. The van der Waals surface area contributed by atoms with Crippen molar-refractivity contribution in [1.82, 2.24) is 9.78 Å². The number of benzene rings is 1. The van der Waals surface area contributed by atoms with Gasteiger partial charge < -0.3 is 14.2 Å². The van der Waals surface area contributed by atoms with E-state index in [0.717, 1.165) is 19.2 Å². The van der Waals surface area contributed by atoms with Crippen molar-refractivity contribution in [3.8, 4) is 11.3 Å². The van der Waals surface area contributed by atoms with Gasteiger partial charge >= 0.3 is 18.3 Å². The van der Waals surface area contributed by atoms with Crippen LogP contribution in [-0.2, 0) is 27.4 Å². The molecule has 0 unspecified atom stereocenters. The van der Waals surface area contributed by atoms with Crippen LogP contribution >= 0.6 is 27.5 Å². The maximum Gasteiger partial charge on any atom is 0.511 e. The maximum absolute atomic E-state index is 14.4. The summed E-state index contributed by atoms with van der Waals surface area (Å²) in [6, 6.07) is 1.62. The van der Waals surface area contributed by atoms with Crippen LogP contribution in [0.3, 0.4) is 0 Å². The van der Waals surface area contributed by atoms with Gasteiger partial charge in [-0.2, -0.15) is 18.3 Å². The van der Waals surface area contributed by atoms with Gasteiger partial charge in [0.1, 0.15) is 11.5 Å². The molecular formula is C16H12BrClF4N2O5. The van der Waals surface area contributed by atoms with Crippen molar-refractivity contribution in [3.63, 3.8) is 0 Å². The van der Waals surface area contributed by atoms with Gasteiger partial charge in [0.25, 0.3) is 0 Å². The van der Waals surface area contributed by atoms with Crippen LogP contribution in [0.5, 0.6) is 0 Å². The molecule has 0 amide bonds. The average molecular weight is 504 g/mol. The second-order valence-corrected chi connectivity index (χ2v) is 6.52. The molecule has 2 aromatic rings. The minimum absolute atomic E-state index is 0.0405. The Morgan fingerprint density at radius 1 is 1.24 bits per heavy atom. The first-order valence-corrected chi connectivity index (χ1v) is 8.90. The highest BCUT2D eigenvalue weighted by Crippen LogP contribution is 2.41. The maximum atomic E-state index is 14.4. The van der Waals surface area contributed by atoms with Crippen molar-refractivity contribution in [3.05, 3.63) is 38.7 Å². The normalized spacial score (nSPS) is 11.3. The molecule has 0 saturated carbocycles. The van der Waals surface area contributed by atoms with E-state index < -0.39 is 52.3 Å². The number of ether oxygens (including phenoxy) is 3. The molecule has 0 aliphatic carbocycles. The smallest absolute Gasteiger partial charge is 0.435 e. The van der Waals surface area contributed by atoms with Crippen molar-refractivity contribution >= 4 is 39.7 Å². The van der Waals surface area contributed by atoms with Crippen molar-refractivity contribution in [2.24, 2.45) is 7.05 Å². The predicted molar refractivity (Wildman–Crippen MR) is 94.7 cm³/mol. The zero-order chi connectivity index (χ0) is 21.9. The quantitative estimate of drug-likeness (QED) is 0.326. The summed E-state index contributed by atoms with van der Waals surface area (Å²) in [5.74, 6) is -2.12. The average Bonchev–Trinajstić information content (AvgIpc) is 2.89. The first-order valence-electron chi connectivity index (χ1n) is 7.73. The largest absolute Gasteiger partial charge is 0.511 e. The zero-order valence-corrected chi connectivity index (χ0v) is 17.1. The Kier molecular flexibility index (Phi) is 7.11. The minimum atomic E-state index is -4.76. The number of aryl methyl sites for hydroxylation is 1. The number of nitrogens with zero attached hydrogens (tertiary/aromatic N) is 2. The van der Waals surface area contributed by atoms with Gasteiger partial charge in [-0.3, -0.25) is 4.68 Å². The van der Waals surface area contributed by atoms with Crippen molar-refractivity contribution in [2.75, 3.05) is 13.4 Å². The molecule has 0 radical (unpaired) electrons. The summed E-state index contributed by atoms with van der Waals surface area (Å²) in [6.07, 6.45) is -5.84. The molecule has 0 saturated heterocycles. The van der Waals surface area contributed by atoms with Crippen molar-refractivity contribution in [2.45, 2.75) is 13.1 Å². The fourth-order valence-corrected chi connectivity index (χ4v) is 3.24. The van der Waals surface area contributed by atoms with E-state index in [9.17, 15) is 27.2 Å². The third kappa shape index (κ3) is 5.18. The van der Waals surface area contributed by atoms with Crippen molar-refractivity contribution in [1.29, 1.82) is 0 Å². The Bertz CT molecular complexity index is 948. The highest BCUT2D eigenvalue weighted by molar-refractivity contribution is 9.10. The van der Waals surface area contributed by atoms with Gasteiger partial charge in [-0.1, -0.05) is 11.6 Å². The molecule has 2 rings (SSSR count). The number of carbonyl (C=O) groups excluding carboxylic acids is 2. The Labute approximate surface area is 174 Å². The monoisotopic (exact) mass is 502 g/mol. The summed E-state index contributed by atoms with van der Waals surface area (Å²) in [4.78, 5) is 23.2. The van der Waals surface area contributed by atoms with Gasteiger partial charge in [0, 0.05) is 12.6 Å². The Hall–Kier alpha value is -2.34. The van der Waals surface area contributed by atoms with E-state index >= 15 is 0 Å². The van der Waals surface area contributed by atoms with Crippen LogP contribution in [0.15, 0.2) is 16.6 Å². The molecule has 0 spiro atoms. The molecule has 1 aromatic carbocycles. The van der Waals surface area contributed by atoms with Crippen LogP contribution in [0.2, 0.25) is 5.02 Å². The summed E-state index contributed by atoms with van der Waals surface area (Å²) in [5.41, 5.74) is -2.34. The number of hydrogen-bond donors (Lipinski definition) is 0. The minimum Gasteiger partial charge on any atom is -0.435 e. The van der Waals surface area contributed by atoms with Crippen LogP contribution in [-0.4, -0.2) is 35.3 Å². The highest BCUT2D eigenvalue weighted by atomic mass is 79.9. The molecule has 0 fully saturated rings. The number of carbonyl (C=O) groups is 2. The Morgan fingerprint density at radius 3 is 2.45 bits per heavy atom. The van der Waals surface area contributed by atoms with Gasteiger partial charge in [0.05, 0.1) is 21.7 Å². The number of hydrogen-bond acceptors (Lipinski definition) is 6. The van der Waals surface area contributed by atoms with Gasteiger partial charge in [0.2, 0.25) is 6.79 Å². The highest BCUT2D eigenvalue weighted by Gasteiger charge is 2.39. The molecule has 1 heterocycles. The van der Waals surface area contributed by atoms with E-state index in [-0.39, 0.29) is 17.2 Å². The van der Waals surface area contributed by atoms with Gasteiger partial charge in [0.15, 0.2) is 5.69 Å². The Balaban J connectivity index is 2.35. The Morgan fingerprint density at radius 2 is 1.90 bits per heavy atom. The number of rotatable bonds is 5. The van der Waals surface area contributed by atoms with E-state index in [1.807, 2.05) is 0 Å². The fourth-order valence-electron chi connectivity index (χ4n) is 2.23. The number of aromatic nitrogens is 2. The number of halogens is 6. The van der Waals surface area contributed by atoms with Gasteiger partial charge in [-0.25, -0.2) is 14.0 Å². The molecule has 0 aliphatic heterocycles. The third-order valence-electron chi connectivity index (χ3n) is 3.42. The lowest BCUT2D eigenvalue weighted by molar-refractivity contribution is -0.144. The third-order valence-corrected chi connectivity index (χ3v) is 4.48. The second kappa shape index (κ2) is 8.99. The molecule has 0 bridgehead atoms. The molecule has 0 aliphatic rings. The second-order valence-electron chi connectivity index (χ2n) is 5.32. The lowest BCUT2D eigenvalue weighted by atomic mass is 10.1. The standard InChI is InChI=1S/C16H12BrClF4N2O5/c1-3-27-15(26)29-6-28-14(25)7-4-8(10(19)5-9(7)18)12-11(17)13(16(20,21)22)24(2)23-12/h4-5H,3,6H2,1-2H3. The molecule has 0 atom stereocenters. The molecule has 7 nitrogen and oxygen atoms in total. The summed E-state index contributed by atoms with van der Waals surface area (Å²) < 4.78 is 67.4. The van der Waals surface area contributed by atoms with Crippen molar-refractivity contribution < 1.29 is 41.4 Å². The predicted octanol–water partition coefficient (Wildman–Crippen LogP) is 4.95. The first kappa shape index (κ1) is 22.9. The van der Waals surface area contributed by atoms with Crippen LogP contribution in [0.1, 0.15) is 23.0 Å². The molecule has 29 heavy (non-hydrogen) atoms. The van der Waals surface area contributed by atoms with E-state index in [1.54, 1.807) is 0 Å². The van der Waals surface area contributed by atoms with E-state index in [1.165, 1.54) is 6.92 Å². The molecule has 13 heteroatoms. The topological polar surface area (TPSA) is 79.7 Å².